The van der Waals surface area contributed by atoms with Gasteiger partial charge in [0.2, 0.25) is 0 Å². The Morgan fingerprint density at radius 1 is 1.12 bits per heavy atom. The molecule has 1 aliphatic carbocycles. The van der Waals surface area contributed by atoms with Gasteiger partial charge in [-0.15, -0.1) is 0 Å². The fourth-order valence-corrected chi connectivity index (χ4v) is 4.21. The van der Waals surface area contributed by atoms with Crippen LogP contribution in [-0.2, 0) is 0 Å². The molecule has 1 fully saturated rings. The van der Waals surface area contributed by atoms with Crippen molar-refractivity contribution >= 4 is 40.1 Å². The van der Waals surface area contributed by atoms with Crippen molar-refractivity contribution in [2.24, 2.45) is 5.10 Å². The second-order valence-corrected chi connectivity index (χ2v) is 7.90. The van der Waals surface area contributed by atoms with E-state index >= 15 is 0 Å². The van der Waals surface area contributed by atoms with E-state index in [4.69, 9.17) is 20.4 Å². The molecule has 2 aromatic heterocycles. The van der Waals surface area contributed by atoms with Gasteiger partial charge in [0, 0.05) is 11.6 Å². The Balaban J connectivity index is 1.66. The number of anilines is 1. The number of amides is 1. The number of rotatable bonds is 5. The Morgan fingerprint density at radius 2 is 1.81 bits per heavy atom. The summed E-state index contributed by atoms with van der Waals surface area (Å²) in [5.74, 6) is 0.647. The molecule has 0 aliphatic heterocycles. The highest BCUT2D eigenvalue weighted by Crippen LogP contribution is 2.29. The topological polar surface area (TPSA) is 107 Å². The molecule has 32 heavy (non-hydrogen) atoms. The van der Waals surface area contributed by atoms with E-state index in [-0.39, 0.29) is 17.8 Å². The van der Waals surface area contributed by atoms with Crippen molar-refractivity contribution in [2.45, 2.75) is 31.7 Å². The van der Waals surface area contributed by atoms with Crippen LogP contribution in [0.25, 0.3) is 22.2 Å². The molecule has 1 amide bonds. The molecule has 0 atom stereocenters. The number of nitrogens with one attached hydrogen (secondary N) is 1. The van der Waals surface area contributed by atoms with Crippen LogP contribution in [0.2, 0.25) is 0 Å². The number of methoxy groups -OCH3 is 1. The minimum Gasteiger partial charge on any atom is -0.496 e. The highest BCUT2D eigenvalue weighted by molar-refractivity contribution is 6.10. The normalized spacial score (nSPS) is 14.5. The quantitative estimate of drug-likeness (QED) is 0.471. The lowest BCUT2D eigenvalue weighted by Crippen LogP contribution is -2.33. The van der Waals surface area contributed by atoms with Crippen LogP contribution < -0.4 is 15.8 Å². The molecule has 2 aromatic carbocycles. The van der Waals surface area contributed by atoms with Crippen LogP contribution in [0, 0.1) is 0 Å². The van der Waals surface area contributed by atoms with Crippen LogP contribution in [0.3, 0.4) is 0 Å². The van der Waals surface area contributed by atoms with Gasteiger partial charge in [0.1, 0.15) is 22.6 Å². The Morgan fingerprint density at radius 3 is 2.56 bits per heavy atom. The molecule has 0 bridgehead atoms. The van der Waals surface area contributed by atoms with Gasteiger partial charge in [0.05, 0.1) is 24.4 Å². The molecule has 0 spiro atoms. The van der Waals surface area contributed by atoms with Crippen LogP contribution in [-0.4, -0.2) is 39.9 Å². The second-order valence-electron chi connectivity index (χ2n) is 7.90. The third-order valence-corrected chi connectivity index (χ3v) is 5.84. The number of aromatic nitrogens is 3. The predicted octanol–water partition coefficient (Wildman–Crippen LogP) is 3.73. The van der Waals surface area contributed by atoms with Crippen molar-refractivity contribution in [1.29, 1.82) is 0 Å². The van der Waals surface area contributed by atoms with E-state index in [1.54, 1.807) is 13.3 Å². The Bertz CT molecular complexity index is 1340. The van der Waals surface area contributed by atoms with Gasteiger partial charge in [-0.2, -0.15) is 9.78 Å². The highest BCUT2D eigenvalue weighted by atomic mass is 16.5. The molecule has 0 unspecified atom stereocenters. The van der Waals surface area contributed by atoms with Crippen molar-refractivity contribution in [1.82, 2.24) is 20.0 Å². The maximum Gasteiger partial charge on any atom is 0.257 e. The van der Waals surface area contributed by atoms with Gasteiger partial charge in [-0.1, -0.05) is 37.1 Å². The van der Waals surface area contributed by atoms with Crippen LogP contribution in [0.5, 0.6) is 5.75 Å². The first kappa shape index (κ1) is 20.0. The summed E-state index contributed by atoms with van der Waals surface area (Å²) >= 11 is 0. The minimum absolute atomic E-state index is 0.158. The summed E-state index contributed by atoms with van der Waals surface area (Å²) in [5.41, 5.74) is 9.82. The number of hydrogen-bond donors (Lipinski definition) is 2. The molecule has 1 aliphatic rings. The van der Waals surface area contributed by atoms with Crippen molar-refractivity contribution in [3.8, 4) is 5.75 Å². The van der Waals surface area contributed by atoms with E-state index in [0.29, 0.717) is 33.5 Å². The van der Waals surface area contributed by atoms with E-state index in [1.165, 1.54) is 4.68 Å². The van der Waals surface area contributed by atoms with Gasteiger partial charge >= 0.3 is 0 Å². The molecule has 2 heterocycles. The van der Waals surface area contributed by atoms with Crippen LogP contribution in [0.4, 0.5) is 5.82 Å². The maximum atomic E-state index is 13.2. The molecule has 8 heteroatoms. The summed E-state index contributed by atoms with van der Waals surface area (Å²) in [6.07, 6.45) is 5.84. The first-order valence-corrected chi connectivity index (χ1v) is 10.7. The first-order valence-electron chi connectivity index (χ1n) is 10.7. The van der Waals surface area contributed by atoms with E-state index < -0.39 is 0 Å². The number of hydrogen-bond acceptors (Lipinski definition) is 6. The molecular weight excluding hydrogens is 404 g/mol. The fourth-order valence-electron chi connectivity index (χ4n) is 4.21. The van der Waals surface area contributed by atoms with Crippen LogP contribution in [0.15, 0.2) is 53.6 Å². The number of para-hydroxylation sites is 3. The summed E-state index contributed by atoms with van der Waals surface area (Å²) in [6, 6.07) is 15.2. The largest absolute Gasteiger partial charge is 0.496 e. The first-order chi connectivity index (χ1) is 15.7. The summed E-state index contributed by atoms with van der Waals surface area (Å²) in [5, 5.41) is 7.67. The number of carbonyl (C=O) groups excluding carboxylic acids is 1. The number of carbonyl (C=O) groups is 1. The van der Waals surface area contributed by atoms with Gasteiger partial charge in [-0.05, 0) is 37.1 Å². The molecule has 8 nitrogen and oxygen atoms in total. The van der Waals surface area contributed by atoms with Gasteiger partial charge in [-0.25, -0.2) is 9.97 Å². The molecular formula is C24H24N6O2. The smallest absolute Gasteiger partial charge is 0.257 e. The molecule has 162 valence electrons. The van der Waals surface area contributed by atoms with Gasteiger partial charge in [-0.3, -0.25) is 4.79 Å². The number of fused-ring (bicyclic) bond motifs is 2. The number of nitrogens with zero attached hydrogens (tertiary/aromatic N) is 4. The second kappa shape index (κ2) is 8.30. The standard InChI is InChI=1S/C24H24N6O2/c1-32-19-13-7-2-8-15(19)14-26-30-22(25)20(24(31)27-16-9-3-4-10-16)21-23(30)29-18-12-6-5-11-17(18)28-21/h2,5-8,11-14,16H,3-4,9-10,25H2,1H3,(H,27,31)/b26-14-. The number of ether oxygens (including phenoxy) is 1. The van der Waals surface area contributed by atoms with Crippen molar-refractivity contribution in [3.05, 3.63) is 59.7 Å². The summed E-state index contributed by atoms with van der Waals surface area (Å²) in [6.45, 7) is 0. The molecule has 5 rings (SSSR count). The summed E-state index contributed by atoms with van der Waals surface area (Å²) in [7, 11) is 1.61. The van der Waals surface area contributed by atoms with Crippen molar-refractivity contribution in [3.63, 3.8) is 0 Å². The monoisotopic (exact) mass is 428 g/mol. The maximum absolute atomic E-state index is 13.2. The SMILES string of the molecule is COc1ccccc1/C=N\n1c(N)c(C(=O)NC2CCCC2)c2nc3ccccc3nc21. The molecule has 4 aromatic rings. The molecule has 1 saturated carbocycles. The molecule has 0 radical (unpaired) electrons. The van der Waals surface area contributed by atoms with E-state index in [0.717, 1.165) is 31.2 Å². The zero-order valence-corrected chi connectivity index (χ0v) is 17.8. The van der Waals surface area contributed by atoms with Gasteiger partial charge in [0.15, 0.2) is 5.65 Å². The molecule has 0 saturated heterocycles. The Hall–Kier alpha value is -3.94. The average Bonchev–Trinajstić information content (AvgIpc) is 3.41. The van der Waals surface area contributed by atoms with Gasteiger partial charge in [0.25, 0.3) is 5.91 Å². The molecule has 3 N–H and O–H groups in total. The van der Waals surface area contributed by atoms with Crippen LogP contribution >= 0.6 is 0 Å². The number of nitrogen functional groups attached to an aromatic ring is 1. The van der Waals surface area contributed by atoms with E-state index in [2.05, 4.69) is 10.4 Å². The van der Waals surface area contributed by atoms with E-state index in [9.17, 15) is 4.79 Å². The highest BCUT2D eigenvalue weighted by Gasteiger charge is 2.26. The Labute approximate surface area is 185 Å². The lowest BCUT2D eigenvalue weighted by atomic mass is 10.2. The summed E-state index contributed by atoms with van der Waals surface area (Å²) in [4.78, 5) is 22.7. The number of nitrogens with two attached hydrogens (primary N) is 1. The van der Waals surface area contributed by atoms with Gasteiger partial charge < -0.3 is 15.8 Å². The lowest BCUT2D eigenvalue weighted by molar-refractivity contribution is 0.0940. The Kier molecular flexibility index (Phi) is 5.18. The summed E-state index contributed by atoms with van der Waals surface area (Å²) < 4.78 is 6.88. The van der Waals surface area contributed by atoms with E-state index in [1.807, 2.05) is 48.5 Å². The lowest BCUT2D eigenvalue weighted by Gasteiger charge is -2.11. The van der Waals surface area contributed by atoms with Crippen molar-refractivity contribution < 1.29 is 9.53 Å². The number of benzene rings is 2. The zero-order valence-electron chi connectivity index (χ0n) is 17.8. The van der Waals surface area contributed by atoms with Crippen LogP contribution in [0.1, 0.15) is 41.6 Å². The van der Waals surface area contributed by atoms with Crippen molar-refractivity contribution in [2.75, 3.05) is 12.8 Å². The fraction of sp³-hybridized carbons (Fsp3) is 0.250. The predicted molar refractivity (Wildman–Crippen MR) is 125 cm³/mol. The average molecular weight is 428 g/mol. The minimum atomic E-state index is -0.241. The third-order valence-electron chi connectivity index (χ3n) is 5.84. The zero-order chi connectivity index (χ0) is 22.1. The third kappa shape index (κ3) is 3.53.